The van der Waals surface area contributed by atoms with E-state index in [2.05, 4.69) is 17.6 Å². The lowest BCUT2D eigenvalue weighted by molar-refractivity contribution is -0.139. The zero-order valence-corrected chi connectivity index (χ0v) is 20.3. The number of thioether (sulfide) groups is 1. The summed E-state index contributed by atoms with van der Waals surface area (Å²) in [4.78, 5) is 42.1. The zero-order valence-electron chi connectivity index (χ0n) is 19.5. The van der Waals surface area contributed by atoms with Crippen molar-refractivity contribution in [2.75, 3.05) is 25.0 Å². The van der Waals surface area contributed by atoms with Gasteiger partial charge in [0.15, 0.2) is 0 Å². The summed E-state index contributed by atoms with van der Waals surface area (Å²) in [6.07, 6.45) is 1.62. The lowest BCUT2D eigenvalue weighted by Gasteiger charge is -2.38. The molecule has 3 aliphatic rings. The molecule has 3 saturated heterocycles. The Balaban J connectivity index is 1.49. The normalized spacial score (nSPS) is 31.7. The first kappa shape index (κ1) is 23.2. The number of carbonyl (C=O) groups excluding carboxylic acids is 3. The number of aliphatic hydroxyl groups is 1. The molecule has 34 heavy (non-hydrogen) atoms. The molecule has 3 heterocycles. The number of fused-ring (bicyclic) bond motifs is 2. The number of β-amino-alcohol motifs (C(OH)–C–C–N with tert-alkyl or cyclic N) is 1. The van der Waals surface area contributed by atoms with Crippen LogP contribution in [0.1, 0.15) is 26.7 Å². The third kappa shape index (κ3) is 3.41. The number of rotatable bonds is 7. The van der Waals surface area contributed by atoms with E-state index in [1.54, 1.807) is 11.8 Å². The van der Waals surface area contributed by atoms with Crippen molar-refractivity contribution in [3.05, 3.63) is 42.5 Å². The van der Waals surface area contributed by atoms with E-state index >= 15 is 0 Å². The quantitative estimate of drug-likeness (QED) is 0.565. The fraction of sp³-hybridized carbons (Fsp3) is 0.500. The van der Waals surface area contributed by atoms with Crippen molar-refractivity contribution in [2.45, 2.75) is 42.7 Å². The van der Waals surface area contributed by atoms with Crippen LogP contribution in [0, 0.1) is 17.8 Å². The number of nitrogens with one attached hydrogen (secondary N) is 2. The number of benzene rings is 2. The van der Waals surface area contributed by atoms with E-state index in [1.807, 2.05) is 49.4 Å². The van der Waals surface area contributed by atoms with Gasteiger partial charge >= 0.3 is 0 Å². The van der Waals surface area contributed by atoms with E-state index in [-0.39, 0.29) is 42.0 Å². The number of anilines is 1. The summed E-state index contributed by atoms with van der Waals surface area (Å²) >= 11 is 1.64. The summed E-state index contributed by atoms with van der Waals surface area (Å²) in [7, 11) is 0. The number of likely N-dealkylation sites (tertiary alicyclic amines) is 1. The van der Waals surface area contributed by atoms with Crippen molar-refractivity contribution in [1.82, 2.24) is 10.2 Å². The number of amides is 3. The Kier molecular flexibility index (Phi) is 6.06. The maximum Gasteiger partial charge on any atom is 0.248 e. The second-order valence-electron chi connectivity index (χ2n) is 9.65. The molecule has 0 saturated carbocycles. The van der Waals surface area contributed by atoms with E-state index in [0.29, 0.717) is 12.2 Å². The minimum Gasteiger partial charge on any atom is -0.395 e. The molecule has 2 aromatic carbocycles. The molecule has 0 aliphatic carbocycles. The monoisotopic (exact) mass is 481 g/mol. The van der Waals surface area contributed by atoms with Gasteiger partial charge in [0.05, 0.1) is 23.2 Å². The molecule has 3 N–H and O–H groups in total. The Bertz CT molecular complexity index is 1140. The van der Waals surface area contributed by atoms with Crippen LogP contribution >= 0.6 is 11.8 Å². The molecule has 0 aromatic heterocycles. The van der Waals surface area contributed by atoms with Crippen LogP contribution in [0.4, 0.5) is 5.69 Å². The van der Waals surface area contributed by atoms with Crippen molar-refractivity contribution in [1.29, 1.82) is 0 Å². The molecule has 2 aromatic rings. The SMILES string of the molecule is CCCNC(=O)[C@@H]1[C@H]2C(=O)N(CCO)C(C(=O)Nc3ccc4ccccc4c3)C23S[C@@H]1CC3C. The Morgan fingerprint density at radius 2 is 1.94 bits per heavy atom. The Hall–Kier alpha value is -2.58. The van der Waals surface area contributed by atoms with Crippen molar-refractivity contribution >= 4 is 45.9 Å². The Labute approximate surface area is 203 Å². The topological polar surface area (TPSA) is 98.7 Å². The smallest absolute Gasteiger partial charge is 0.248 e. The fourth-order valence-electron chi connectivity index (χ4n) is 6.31. The number of hydrogen-bond acceptors (Lipinski definition) is 5. The predicted molar refractivity (Wildman–Crippen MR) is 133 cm³/mol. The van der Waals surface area contributed by atoms with Gasteiger partial charge in [0, 0.05) is 24.0 Å². The first-order valence-corrected chi connectivity index (χ1v) is 13.0. The Morgan fingerprint density at radius 1 is 1.18 bits per heavy atom. The van der Waals surface area contributed by atoms with Crippen LogP contribution < -0.4 is 10.6 Å². The minimum absolute atomic E-state index is 0.0213. The molecule has 1 spiro atoms. The van der Waals surface area contributed by atoms with Crippen molar-refractivity contribution in [3.63, 3.8) is 0 Å². The van der Waals surface area contributed by atoms with Crippen molar-refractivity contribution < 1.29 is 19.5 Å². The maximum absolute atomic E-state index is 13.8. The average Bonchev–Trinajstić information content (AvgIpc) is 3.41. The molecule has 7 nitrogen and oxygen atoms in total. The fourth-order valence-corrected chi connectivity index (χ4v) is 8.73. The van der Waals surface area contributed by atoms with E-state index in [1.165, 1.54) is 4.90 Å². The van der Waals surface area contributed by atoms with Gasteiger partial charge in [-0.15, -0.1) is 11.8 Å². The van der Waals surface area contributed by atoms with Gasteiger partial charge in [-0.3, -0.25) is 14.4 Å². The summed E-state index contributed by atoms with van der Waals surface area (Å²) in [6, 6.07) is 13.0. The average molecular weight is 482 g/mol. The number of nitrogens with zero attached hydrogens (tertiary/aromatic N) is 1. The highest BCUT2D eigenvalue weighted by molar-refractivity contribution is 8.02. The summed E-state index contributed by atoms with van der Waals surface area (Å²) < 4.78 is -0.675. The highest BCUT2D eigenvalue weighted by Gasteiger charge is 2.75. The first-order chi connectivity index (χ1) is 16.4. The van der Waals surface area contributed by atoms with Crippen LogP contribution in [0.5, 0.6) is 0 Å². The lowest BCUT2D eigenvalue weighted by atomic mass is 9.66. The summed E-state index contributed by atoms with van der Waals surface area (Å²) in [6.45, 7) is 4.50. The van der Waals surface area contributed by atoms with E-state index in [0.717, 1.165) is 23.6 Å². The summed E-state index contributed by atoms with van der Waals surface area (Å²) in [5, 5.41) is 17.9. The molecule has 8 heteroatoms. The summed E-state index contributed by atoms with van der Waals surface area (Å²) in [5.74, 6) is -1.43. The van der Waals surface area contributed by atoms with E-state index in [9.17, 15) is 19.5 Å². The standard InChI is InChI=1S/C26H31N3O4S/c1-3-10-27-23(31)20-19-13-15(2)26(34-19)21(20)25(33)29(11-12-30)22(26)24(32)28-18-9-8-16-6-4-5-7-17(16)14-18/h4-9,14-15,19-22,30H,3,10-13H2,1-2H3,(H,27,31)(H,28,32)/t15?,19-,20+,21+,22?,26?/m1/s1. The third-order valence-electron chi connectivity index (χ3n) is 7.70. The Morgan fingerprint density at radius 3 is 2.68 bits per heavy atom. The van der Waals surface area contributed by atoms with Gasteiger partial charge < -0.3 is 20.6 Å². The minimum atomic E-state index is -0.738. The third-order valence-corrected chi connectivity index (χ3v) is 9.78. The molecule has 5 rings (SSSR count). The van der Waals surface area contributed by atoms with E-state index < -0.39 is 22.6 Å². The second-order valence-corrected chi connectivity index (χ2v) is 11.2. The number of aliphatic hydroxyl groups excluding tert-OH is 1. The van der Waals surface area contributed by atoms with E-state index in [4.69, 9.17) is 0 Å². The van der Waals surface area contributed by atoms with Crippen LogP contribution in [0.15, 0.2) is 42.5 Å². The molecule has 3 fully saturated rings. The highest BCUT2D eigenvalue weighted by atomic mass is 32.2. The molecule has 6 atom stereocenters. The van der Waals surface area contributed by atoms with Crippen LogP contribution in [0.2, 0.25) is 0 Å². The van der Waals surface area contributed by atoms with Gasteiger partial charge in [0.25, 0.3) is 0 Å². The second kappa shape index (κ2) is 8.89. The van der Waals surface area contributed by atoms with Gasteiger partial charge in [0.2, 0.25) is 17.7 Å². The van der Waals surface area contributed by atoms with Gasteiger partial charge in [-0.2, -0.15) is 0 Å². The van der Waals surface area contributed by atoms with Crippen molar-refractivity contribution in [3.8, 4) is 0 Å². The molecule has 3 amide bonds. The van der Waals surface area contributed by atoms with Crippen LogP contribution in [-0.4, -0.2) is 63.5 Å². The molecular weight excluding hydrogens is 450 g/mol. The maximum atomic E-state index is 13.8. The van der Waals surface area contributed by atoms with Crippen LogP contribution in [-0.2, 0) is 14.4 Å². The highest BCUT2D eigenvalue weighted by Crippen LogP contribution is 2.68. The lowest BCUT2D eigenvalue weighted by Crippen LogP contribution is -2.55. The molecular formula is C26H31N3O4S. The molecule has 2 bridgehead atoms. The molecule has 180 valence electrons. The van der Waals surface area contributed by atoms with Crippen LogP contribution in [0.25, 0.3) is 10.8 Å². The molecule has 0 radical (unpaired) electrons. The predicted octanol–water partition coefficient (Wildman–Crippen LogP) is 2.63. The molecule has 3 aliphatic heterocycles. The number of carbonyl (C=O) groups is 3. The van der Waals surface area contributed by atoms with Gasteiger partial charge in [-0.1, -0.05) is 44.2 Å². The number of hydrogen-bond donors (Lipinski definition) is 3. The zero-order chi connectivity index (χ0) is 24.0. The van der Waals surface area contributed by atoms with Crippen molar-refractivity contribution in [2.24, 2.45) is 17.8 Å². The van der Waals surface area contributed by atoms with Gasteiger partial charge in [-0.25, -0.2) is 0 Å². The first-order valence-electron chi connectivity index (χ1n) is 12.1. The summed E-state index contributed by atoms with van der Waals surface area (Å²) in [5.41, 5.74) is 0.669. The van der Waals surface area contributed by atoms with Crippen LogP contribution in [0.3, 0.4) is 0 Å². The molecule has 3 unspecified atom stereocenters. The van der Waals surface area contributed by atoms with Gasteiger partial charge in [-0.05, 0) is 41.7 Å². The largest absolute Gasteiger partial charge is 0.395 e. The van der Waals surface area contributed by atoms with Gasteiger partial charge in [0.1, 0.15) is 6.04 Å².